The summed E-state index contributed by atoms with van der Waals surface area (Å²) in [7, 11) is 0. The fourth-order valence-corrected chi connectivity index (χ4v) is 7.86. The Labute approximate surface area is 330 Å². The Morgan fingerprint density at radius 3 is 1.23 bits per heavy atom. The number of nitrogens with one attached hydrogen (secondary N) is 2. The van der Waals surface area contributed by atoms with E-state index in [9.17, 15) is 19.2 Å². The van der Waals surface area contributed by atoms with E-state index in [1.807, 2.05) is 50.2 Å². The van der Waals surface area contributed by atoms with Crippen LogP contribution in [0.25, 0.3) is 0 Å². The molecule has 0 bridgehead atoms. The standard InChI is InChI=1S/C46H54N4O6/c1-3-47-43(51)41(37-15-7-9-17-39(37)49-27-11-5-12-28-49)33-19-23-35(24-20-33)45(53)55-31-32-56-46(54)36-25-21-34(22-26-36)42(44(52)48-4-2)38-16-8-10-18-40(38)50-29-13-6-14-30-50/h7-10,15-26,41-42H,3-6,11-14,27-32H2,1-2H3,(H,47,51)(H,48,52). The van der Waals surface area contributed by atoms with E-state index in [-0.39, 0.29) is 25.0 Å². The number of likely N-dealkylation sites (N-methyl/N-ethyl adjacent to an activating group) is 2. The summed E-state index contributed by atoms with van der Waals surface area (Å²) in [6, 6.07) is 30.0. The molecule has 2 heterocycles. The molecule has 0 aromatic heterocycles. The number of ether oxygens (including phenoxy) is 2. The van der Waals surface area contributed by atoms with Crippen LogP contribution in [0.4, 0.5) is 11.4 Å². The molecule has 2 unspecified atom stereocenters. The second kappa shape index (κ2) is 19.8. The van der Waals surface area contributed by atoms with Crippen molar-refractivity contribution in [1.29, 1.82) is 0 Å². The van der Waals surface area contributed by atoms with Crippen LogP contribution in [0, 0.1) is 0 Å². The third kappa shape index (κ3) is 9.77. The largest absolute Gasteiger partial charge is 0.458 e. The lowest BCUT2D eigenvalue weighted by atomic mass is 9.88. The van der Waals surface area contributed by atoms with Crippen molar-refractivity contribution >= 4 is 35.1 Å². The van der Waals surface area contributed by atoms with Gasteiger partial charge in [-0.15, -0.1) is 0 Å². The van der Waals surface area contributed by atoms with Crippen LogP contribution in [0.15, 0.2) is 97.1 Å². The zero-order valence-electron chi connectivity index (χ0n) is 32.6. The average Bonchev–Trinajstić information content (AvgIpc) is 3.24. The van der Waals surface area contributed by atoms with Gasteiger partial charge < -0.3 is 29.9 Å². The van der Waals surface area contributed by atoms with Crippen LogP contribution in [0.3, 0.4) is 0 Å². The Morgan fingerprint density at radius 2 is 0.875 bits per heavy atom. The summed E-state index contributed by atoms with van der Waals surface area (Å²) in [5.41, 5.74) is 6.22. The molecule has 10 nitrogen and oxygen atoms in total. The molecule has 294 valence electrons. The molecule has 2 aliphatic rings. The molecule has 0 saturated carbocycles. The van der Waals surface area contributed by atoms with Gasteiger partial charge in [0.1, 0.15) is 13.2 Å². The Kier molecular flexibility index (Phi) is 14.2. The van der Waals surface area contributed by atoms with Crippen molar-refractivity contribution in [2.45, 2.75) is 64.2 Å². The summed E-state index contributed by atoms with van der Waals surface area (Å²) in [6.07, 6.45) is 6.92. The Morgan fingerprint density at radius 1 is 0.518 bits per heavy atom. The molecular weight excluding hydrogens is 705 g/mol. The quantitative estimate of drug-likeness (QED) is 0.0965. The second-order valence-electron chi connectivity index (χ2n) is 14.4. The highest BCUT2D eigenvalue weighted by Gasteiger charge is 2.29. The van der Waals surface area contributed by atoms with E-state index in [0.717, 1.165) is 85.5 Å². The number of rotatable bonds is 15. The topological polar surface area (TPSA) is 117 Å². The highest BCUT2D eigenvalue weighted by Crippen LogP contribution is 2.36. The fraction of sp³-hybridized carbons (Fsp3) is 0.391. The monoisotopic (exact) mass is 758 g/mol. The first-order chi connectivity index (χ1) is 27.4. The van der Waals surface area contributed by atoms with Crippen LogP contribution in [0.5, 0.6) is 0 Å². The molecule has 0 radical (unpaired) electrons. The third-order valence-electron chi connectivity index (χ3n) is 10.6. The predicted molar refractivity (Wildman–Crippen MR) is 220 cm³/mol. The molecule has 2 fully saturated rings. The zero-order chi connectivity index (χ0) is 39.3. The lowest BCUT2D eigenvalue weighted by Gasteiger charge is -2.32. The molecular formula is C46H54N4O6. The molecule has 2 N–H and O–H groups in total. The van der Waals surface area contributed by atoms with Gasteiger partial charge in [-0.2, -0.15) is 0 Å². The number of hydrogen-bond donors (Lipinski definition) is 2. The van der Waals surface area contributed by atoms with Gasteiger partial charge in [0.15, 0.2) is 0 Å². The number of benzene rings is 4. The lowest BCUT2D eigenvalue weighted by molar-refractivity contribution is -0.122. The minimum absolute atomic E-state index is 0.0938. The number of para-hydroxylation sites is 2. The lowest BCUT2D eigenvalue weighted by Crippen LogP contribution is -2.34. The van der Waals surface area contributed by atoms with Gasteiger partial charge in [-0.05, 0) is 111 Å². The van der Waals surface area contributed by atoms with Gasteiger partial charge in [-0.25, -0.2) is 9.59 Å². The van der Waals surface area contributed by atoms with Gasteiger partial charge in [0.25, 0.3) is 0 Å². The second-order valence-corrected chi connectivity index (χ2v) is 14.4. The maximum absolute atomic E-state index is 13.5. The minimum atomic E-state index is -0.554. The van der Waals surface area contributed by atoms with Crippen molar-refractivity contribution in [3.8, 4) is 0 Å². The zero-order valence-corrected chi connectivity index (χ0v) is 32.6. The fourth-order valence-electron chi connectivity index (χ4n) is 7.86. The van der Waals surface area contributed by atoms with Gasteiger partial charge in [-0.1, -0.05) is 60.7 Å². The van der Waals surface area contributed by atoms with Crippen LogP contribution >= 0.6 is 0 Å². The van der Waals surface area contributed by atoms with Crippen LogP contribution < -0.4 is 20.4 Å². The van der Waals surface area contributed by atoms with Crippen molar-refractivity contribution in [2.75, 3.05) is 62.3 Å². The number of amides is 2. The predicted octanol–water partition coefficient (Wildman–Crippen LogP) is 7.22. The van der Waals surface area contributed by atoms with Crippen molar-refractivity contribution in [2.24, 2.45) is 0 Å². The molecule has 2 atom stereocenters. The number of piperidine rings is 2. The van der Waals surface area contributed by atoms with Crippen LogP contribution in [0.2, 0.25) is 0 Å². The summed E-state index contributed by atoms with van der Waals surface area (Å²) >= 11 is 0. The molecule has 56 heavy (non-hydrogen) atoms. The number of hydrogen-bond acceptors (Lipinski definition) is 8. The van der Waals surface area contributed by atoms with E-state index in [1.54, 1.807) is 48.5 Å². The average molecular weight is 759 g/mol. The van der Waals surface area contributed by atoms with Gasteiger partial charge in [0.05, 0.1) is 23.0 Å². The molecule has 0 aliphatic carbocycles. The number of carbonyl (C=O) groups is 4. The van der Waals surface area contributed by atoms with Crippen LogP contribution in [0.1, 0.15) is 107 Å². The maximum Gasteiger partial charge on any atom is 0.338 e. The smallest absolute Gasteiger partial charge is 0.338 e. The Balaban J connectivity index is 1.06. The molecule has 2 amide bonds. The molecule has 2 saturated heterocycles. The molecule has 2 aliphatic heterocycles. The summed E-state index contributed by atoms with van der Waals surface area (Å²) in [6.45, 7) is 8.41. The van der Waals surface area contributed by atoms with Crippen molar-refractivity contribution in [3.05, 3.63) is 130 Å². The number of nitrogens with zero attached hydrogens (tertiary/aromatic N) is 2. The number of anilines is 2. The first-order valence-electron chi connectivity index (χ1n) is 20.2. The van der Waals surface area contributed by atoms with E-state index in [1.165, 1.54) is 12.8 Å². The summed E-state index contributed by atoms with van der Waals surface area (Å²) < 4.78 is 10.9. The van der Waals surface area contributed by atoms with Gasteiger partial charge >= 0.3 is 11.9 Å². The van der Waals surface area contributed by atoms with Gasteiger partial charge in [0, 0.05) is 50.6 Å². The molecule has 4 aromatic rings. The van der Waals surface area contributed by atoms with Crippen molar-refractivity contribution in [1.82, 2.24) is 10.6 Å². The summed E-state index contributed by atoms with van der Waals surface area (Å²) in [4.78, 5) is 57.6. The normalized spacial score (nSPS) is 15.3. The molecule has 6 rings (SSSR count). The van der Waals surface area contributed by atoms with E-state index < -0.39 is 23.8 Å². The van der Waals surface area contributed by atoms with Gasteiger partial charge in [-0.3, -0.25) is 9.59 Å². The molecule has 4 aromatic carbocycles. The van der Waals surface area contributed by atoms with Gasteiger partial charge in [0.2, 0.25) is 11.8 Å². The van der Waals surface area contributed by atoms with E-state index in [4.69, 9.17) is 9.47 Å². The minimum Gasteiger partial charge on any atom is -0.458 e. The molecule has 10 heteroatoms. The Bertz CT molecular complexity index is 1790. The highest BCUT2D eigenvalue weighted by molar-refractivity contribution is 5.93. The third-order valence-corrected chi connectivity index (χ3v) is 10.6. The number of carbonyl (C=O) groups excluding carboxylic acids is 4. The Hall–Kier alpha value is -5.64. The van der Waals surface area contributed by atoms with E-state index in [0.29, 0.717) is 24.2 Å². The highest BCUT2D eigenvalue weighted by atomic mass is 16.6. The summed E-state index contributed by atoms with van der Waals surface area (Å²) in [5.74, 6) is -2.38. The van der Waals surface area contributed by atoms with Crippen LogP contribution in [-0.4, -0.2) is 76.2 Å². The van der Waals surface area contributed by atoms with Crippen LogP contribution in [-0.2, 0) is 19.1 Å². The maximum atomic E-state index is 13.5. The van der Waals surface area contributed by atoms with E-state index in [2.05, 4.69) is 32.6 Å². The summed E-state index contributed by atoms with van der Waals surface area (Å²) in [5, 5.41) is 5.99. The number of esters is 2. The SMILES string of the molecule is CCNC(=O)C(c1ccc(C(=O)OCCOC(=O)c2ccc(C(C(=O)NCC)c3ccccc3N3CCCCC3)cc2)cc1)c1ccccc1N1CCCCC1. The molecule has 0 spiro atoms. The van der Waals surface area contributed by atoms with Crippen molar-refractivity contribution < 1.29 is 28.7 Å². The first kappa shape index (κ1) is 40.0. The first-order valence-corrected chi connectivity index (χ1v) is 20.2. The van der Waals surface area contributed by atoms with E-state index >= 15 is 0 Å². The van der Waals surface area contributed by atoms with Crippen molar-refractivity contribution in [3.63, 3.8) is 0 Å².